The minimum atomic E-state index is -3.68. The SMILES string of the molecule is Cc1cc(-c2cnc3c(S(C)(=O)=O)cc(Oc4cccc(F)c4)nn23)ccc1C(=O)NC1CC1. The van der Waals surface area contributed by atoms with Gasteiger partial charge in [-0.15, -0.1) is 5.10 Å². The molecule has 4 aromatic rings. The Morgan fingerprint density at radius 1 is 1.18 bits per heavy atom. The quantitative estimate of drug-likeness (QED) is 0.449. The topological polar surface area (TPSA) is 103 Å². The van der Waals surface area contributed by atoms with Crippen molar-refractivity contribution in [3.63, 3.8) is 0 Å². The molecule has 2 aromatic heterocycles. The van der Waals surface area contributed by atoms with Crippen LogP contribution in [-0.2, 0) is 9.84 Å². The van der Waals surface area contributed by atoms with Crippen LogP contribution >= 0.6 is 0 Å². The number of amides is 1. The molecule has 0 aliphatic heterocycles. The molecule has 1 amide bonds. The third-order valence-electron chi connectivity index (χ3n) is 5.51. The average molecular weight is 481 g/mol. The fraction of sp³-hybridized carbons (Fsp3) is 0.208. The van der Waals surface area contributed by atoms with E-state index in [0.717, 1.165) is 24.7 Å². The van der Waals surface area contributed by atoms with Gasteiger partial charge in [-0.3, -0.25) is 4.79 Å². The second-order valence-electron chi connectivity index (χ2n) is 8.33. The summed E-state index contributed by atoms with van der Waals surface area (Å²) in [5.74, 6) is -0.468. The highest BCUT2D eigenvalue weighted by atomic mass is 32.2. The number of ether oxygens (including phenoxy) is 1. The van der Waals surface area contributed by atoms with Crippen LogP contribution in [0.5, 0.6) is 11.6 Å². The molecule has 0 saturated heterocycles. The molecule has 0 unspecified atom stereocenters. The number of benzene rings is 2. The van der Waals surface area contributed by atoms with E-state index in [0.29, 0.717) is 16.8 Å². The first-order valence-corrected chi connectivity index (χ1v) is 12.5. The van der Waals surface area contributed by atoms with Gasteiger partial charge < -0.3 is 10.1 Å². The second kappa shape index (κ2) is 8.21. The van der Waals surface area contributed by atoms with Crippen molar-refractivity contribution in [1.29, 1.82) is 0 Å². The molecule has 5 rings (SSSR count). The zero-order valence-electron chi connectivity index (χ0n) is 18.4. The molecule has 2 aromatic carbocycles. The Bertz CT molecular complexity index is 1540. The van der Waals surface area contributed by atoms with Crippen LogP contribution in [0.1, 0.15) is 28.8 Å². The molecule has 1 N–H and O–H groups in total. The number of nitrogens with zero attached hydrogens (tertiary/aromatic N) is 3. The fourth-order valence-electron chi connectivity index (χ4n) is 3.66. The lowest BCUT2D eigenvalue weighted by Gasteiger charge is -2.11. The molecule has 1 saturated carbocycles. The van der Waals surface area contributed by atoms with Gasteiger partial charge in [-0.1, -0.05) is 12.1 Å². The second-order valence-corrected chi connectivity index (χ2v) is 10.3. The minimum absolute atomic E-state index is 0.0325. The van der Waals surface area contributed by atoms with Crippen LogP contribution in [0.25, 0.3) is 16.9 Å². The predicted octanol–water partition coefficient (Wildman–Crippen LogP) is 3.93. The van der Waals surface area contributed by atoms with E-state index < -0.39 is 15.7 Å². The summed E-state index contributed by atoms with van der Waals surface area (Å²) < 4.78 is 45.6. The van der Waals surface area contributed by atoms with E-state index in [1.165, 1.54) is 35.0 Å². The van der Waals surface area contributed by atoms with Gasteiger partial charge >= 0.3 is 0 Å². The van der Waals surface area contributed by atoms with Crippen molar-refractivity contribution in [3.05, 3.63) is 71.7 Å². The van der Waals surface area contributed by atoms with Gasteiger partial charge in [0.25, 0.3) is 5.91 Å². The Balaban J connectivity index is 1.59. The van der Waals surface area contributed by atoms with Gasteiger partial charge in [-0.2, -0.15) is 0 Å². The van der Waals surface area contributed by atoms with Crippen molar-refractivity contribution < 1.29 is 22.3 Å². The third kappa shape index (κ3) is 4.36. The average Bonchev–Trinajstić information content (AvgIpc) is 3.48. The minimum Gasteiger partial charge on any atom is -0.437 e. The zero-order chi connectivity index (χ0) is 24.0. The monoisotopic (exact) mass is 480 g/mol. The number of carbonyl (C=O) groups is 1. The number of fused-ring (bicyclic) bond motifs is 1. The van der Waals surface area contributed by atoms with Crippen molar-refractivity contribution in [2.45, 2.75) is 30.7 Å². The molecule has 1 aliphatic rings. The summed E-state index contributed by atoms with van der Waals surface area (Å²) in [7, 11) is -3.68. The van der Waals surface area contributed by atoms with Crippen molar-refractivity contribution in [3.8, 4) is 22.9 Å². The Morgan fingerprint density at radius 3 is 2.65 bits per heavy atom. The van der Waals surface area contributed by atoms with E-state index in [9.17, 15) is 17.6 Å². The van der Waals surface area contributed by atoms with E-state index >= 15 is 0 Å². The maximum atomic E-state index is 13.6. The van der Waals surface area contributed by atoms with E-state index in [2.05, 4.69) is 15.4 Å². The van der Waals surface area contributed by atoms with E-state index in [1.807, 2.05) is 13.0 Å². The lowest BCUT2D eigenvalue weighted by Crippen LogP contribution is -2.26. The van der Waals surface area contributed by atoms with Gasteiger partial charge in [0.2, 0.25) is 5.88 Å². The van der Waals surface area contributed by atoms with Crippen LogP contribution in [0.3, 0.4) is 0 Å². The Hall–Kier alpha value is -3.79. The lowest BCUT2D eigenvalue weighted by molar-refractivity contribution is 0.0950. The van der Waals surface area contributed by atoms with E-state index in [-0.39, 0.29) is 34.1 Å². The smallest absolute Gasteiger partial charge is 0.251 e. The maximum Gasteiger partial charge on any atom is 0.251 e. The van der Waals surface area contributed by atoms with Crippen molar-refractivity contribution in [2.24, 2.45) is 0 Å². The van der Waals surface area contributed by atoms with Crippen LogP contribution in [0.15, 0.2) is 59.6 Å². The summed E-state index contributed by atoms with van der Waals surface area (Å²) >= 11 is 0. The standard InChI is InChI=1S/C24H21FN4O4S/c1-14-10-15(6-9-19(14)24(30)27-17-7-8-17)20-13-26-23-21(34(2,31)32)12-22(28-29(20)23)33-18-5-3-4-16(25)11-18/h3-6,9-13,17H,7-8H2,1-2H3,(H,27,30). The van der Waals surface area contributed by atoms with Gasteiger partial charge in [0, 0.05) is 35.6 Å². The highest BCUT2D eigenvalue weighted by Crippen LogP contribution is 2.30. The lowest BCUT2D eigenvalue weighted by atomic mass is 10.0. The molecular weight excluding hydrogens is 459 g/mol. The van der Waals surface area contributed by atoms with Crippen molar-refractivity contribution in [2.75, 3.05) is 6.26 Å². The molecule has 10 heteroatoms. The fourth-order valence-corrected chi connectivity index (χ4v) is 4.44. The number of hydrogen-bond acceptors (Lipinski definition) is 6. The van der Waals surface area contributed by atoms with Gasteiger partial charge in [0.1, 0.15) is 16.5 Å². The van der Waals surface area contributed by atoms with Crippen LogP contribution in [0.4, 0.5) is 4.39 Å². The molecule has 8 nitrogen and oxygen atoms in total. The number of halogens is 1. The Morgan fingerprint density at radius 2 is 1.97 bits per heavy atom. The first-order chi connectivity index (χ1) is 16.2. The summed E-state index contributed by atoms with van der Waals surface area (Å²) in [6.45, 7) is 1.84. The number of aryl methyl sites for hydroxylation is 1. The van der Waals surface area contributed by atoms with Gasteiger partial charge in [-0.25, -0.2) is 22.3 Å². The predicted molar refractivity (Wildman–Crippen MR) is 123 cm³/mol. The molecule has 2 heterocycles. The number of sulfone groups is 1. The molecule has 34 heavy (non-hydrogen) atoms. The number of imidazole rings is 1. The number of nitrogens with one attached hydrogen (secondary N) is 1. The Labute approximate surface area is 195 Å². The Kier molecular flexibility index (Phi) is 5.32. The van der Waals surface area contributed by atoms with Crippen LogP contribution in [0.2, 0.25) is 0 Å². The molecule has 174 valence electrons. The largest absolute Gasteiger partial charge is 0.437 e. The van der Waals surface area contributed by atoms with Crippen LogP contribution in [0, 0.1) is 12.7 Å². The highest BCUT2D eigenvalue weighted by Gasteiger charge is 2.25. The van der Waals surface area contributed by atoms with Crippen LogP contribution < -0.4 is 10.1 Å². The normalized spacial score (nSPS) is 13.7. The molecule has 0 spiro atoms. The molecule has 0 bridgehead atoms. The summed E-state index contributed by atoms with van der Waals surface area (Å²) in [5, 5.41) is 7.39. The first-order valence-electron chi connectivity index (χ1n) is 10.6. The molecule has 0 atom stereocenters. The number of carbonyl (C=O) groups excluding carboxylic acids is 1. The van der Waals surface area contributed by atoms with Gasteiger partial charge in [0.05, 0.1) is 11.9 Å². The summed E-state index contributed by atoms with van der Waals surface area (Å²) in [6.07, 6.45) is 4.58. The summed E-state index contributed by atoms with van der Waals surface area (Å²) in [6, 6.07) is 12.3. The van der Waals surface area contributed by atoms with Crippen LogP contribution in [-0.4, -0.2) is 41.2 Å². The summed E-state index contributed by atoms with van der Waals surface area (Å²) in [5.41, 5.74) is 2.69. The number of rotatable bonds is 6. The number of aromatic nitrogens is 3. The molecule has 0 radical (unpaired) electrons. The molecular formula is C24H21FN4O4S. The highest BCUT2D eigenvalue weighted by molar-refractivity contribution is 7.91. The van der Waals surface area contributed by atoms with Gasteiger partial charge in [-0.05, 0) is 49.6 Å². The maximum absolute atomic E-state index is 13.6. The summed E-state index contributed by atoms with van der Waals surface area (Å²) in [4.78, 5) is 16.7. The van der Waals surface area contributed by atoms with Gasteiger partial charge in [0.15, 0.2) is 15.5 Å². The molecule has 1 fully saturated rings. The first kappa shape index (κ1) is 22.0. The van der Waals surface area contributed by atoms with Crippen molar-refractivity contribution in [1.82, 2.24) is 19.9 Å². The van der Waals surface area contributed by atoms with E-state index in [4.69, 9.17) is 4.74 Å². The zero-order valence-corrected chi connectivity index (χ0v) is 19.3. The third-order valence-corrected chi connectivity index (χ3v) is 6.61. The molecule has 1 aliphatic carbocycles. The van der Waals surface area contributed by atoms with Crippen molar-refractivity contribution >= 4 is 21.4 Å². The van der Waals surface area contributed by atoms with E-state index in [1.54, 1.807) is 18.2 Å². The number of hydrogen-bond donors (Lipinski definition) is 1.